The maximum absolute atomic E-state index is 12.9. The van der Waals surface area contributed by atoms with Gasteiger partial charge in [-0.05, 0) is 49.2 Å². The van der Waals surface area contributed by atoms with Gasteiger partial charge in [-0.15, -0.1) is 11.3 Å². The van der Waals surface area contributed by atoms with Crippen LogP contribution in [0.5, 0.6) is 0 Å². The number of hydrogen-bond donors (Lipinski definition) is 1. The molecule has 1 aliphatic rings. The number of carboxylic acid groups (broad SMARTS) is 1. The van der Waals surface area contributed by atoms with Crippen molar-refractivity contribution in [2.45, 2.75) is 20.3 Å². The summed E-state index contributed by atoms with van der Waals surface area (Å²) in [5.41, 5.74) is 1.15. The highest BCUT2D eigenvalue weighted by molar-refractivity contribution is 7.09. The number of nitrogens with zero attached hydrogens (tertiary/aromatic N) is 3. The average Bonchev–Trinajstić information content (AvgIpc) is 3.23. The minimum absolute atomic E-state index is 0.0827. The van der Waals surface area contributed by atoms with Crippen LogP contribution in [0.15, 0.2) is 35.7 Å². The van der Waals surface area contributed by atoms with Crippen LogP contribution in [0, 0.1) is 0 Å². The van der Waals surface area contributed by atoms with E-state index >= 15 is 0 Å². The van der Waals surface area contributed by atoms with Gasteiger partial charge < -0.3 is 10.0 Å². The fourth-order valence-corrected chi connectivity index (χ4v) is 4.11. The maximum atomic E-state index is 12.9. The van der Waals surface area contributed by atoms with Crippen LogP contribution in [-0.2, 0) is 16.0 Å². The topological polar surface area (TPSA) is 81.2 Å². The van der Waals surface area contributed by atoms with Gasteiger partial charge >= 0.3 is 5.97 Å². The Bertz CT molecular complexity index is 893. The molecule has 1 N–H and O–H groups in total. The van der Waals surface area contributed by atoms with Gasteiger partial charge in [0.1, 0.15) is 6.54 Å². The maximum Gasteiger partial charge on any atom is 0.335 e. The van der Waals surface area contributed by atoms with E-state index in [2.05, 4.69) is 0 Å². The standard InChI is InChI=1S/C21H25N3O4S/c1-3-22(4-2)13-19(25)24-14-20(26)23(10-9-16-6-5-11-29-16)17-8-7-15(21(27)28)12-18(17)24/h5-8,11-12H,3-4,9-10,13-14H2,1-2H3,(H,27,28). The normalized spacial score (nSPS) is 13.7. The van der Waals surface area contributed by atoms with Gasteiger partial charge in [-0.25, -0.2) is 4.79 Å². The van der Waals surface area contributed by atoms with Crippen LogP contribution in [0.1, 0.15) is 29.1 Å². The molecule has 0 fully saturated rings. The summed E-state index contributed by atoms with van der Waals surface area (Å²) in [6.45, 7) is 5.98. The molecule has 2 amide bonds. The lowest BCUT2D eigenvalue weighted by Crippen LogP contribution is -2.51. The summed E-state index contributed by atoms with van der Waals surface area (Å²) in [6, 6.07) is 8.58. The quantitative estimate of drug-likeness (QED) is 0.717. The van der Waals surface area contributed by atoms with E-state index in [4.69, 9.17) is 0 Å². The zero-order valence-corrected chi connectivity index (χ0v) is 17.4. The number of benzene rings is 1. The van der Waals surface area contributed by atoms with Crippen LogP contribution in [-0.4, -0.2) is 60.5 Å². The number of amides is 2. The summed E-state index contributed by atoms with van der Waals surface area (Å²) < 4.78 is 0. The highest BCUT2D eigenvalue weighted by Gasteiger charge is 2.33. The Labute approximate surface area is 174 Å². The van der Waals surface area contributed by atoms with E-state index in [1.165, 1.54) is 21.9 Å². The Hall–Kier alpha value is -2.71. The molecule has 2 heterocycles. The molecule has 0 saturated carbocycles. The Morgan fingerprint density at radius 1 is 1.17 bits per heavy atom. The zero-order chi connectivity index (χ0) is 21.0. The van der Waals surface area contributed by atoms with Crippen molar-refractivity contribution in [2.75, 3.05) is 42.5 Å². The van der Waals surface area contributed by atoms with Crippen molar-refractivity contribution in [1.29, 1.82) is 0 Å². The smallest absolute Gasteiger partial charge is 0.335 e. The van der Waals surface area contributed by atoms with Crippen molar-refractivity contribution in [3.63, 3.8) is 0 Å². The molecule has 2 aromatic rings. The first-order valence-electron chi connectivity index (χ1n) is 9.67. The molecule has 1 aromatic carbocycles. The molecule has 29 heavy (non-hydrogen) atoms. The predicted octanol–water partition coefficient (Wildman–Crippen LogP) is 2.71. The molecule has 0 bridgehead atoms. The molecule has 0 radical (unpaired) electrons. The van der Waals surface area contributed by atoms with Gasteiger partial charge in [0.25, 0.3) is 0 Å². The third kappa shape index (κ3) is 4.65. The van der Waals surface area contributed by atoms with Crippen molar-refractivity contribution >= 4 is 40.5 Å². The fraction of sp³-hybridized carbons (Fsp3) is 0.381. The first-order valence-corrected chi connectivity index (χ1v) is 10.5. The van der Waals surface area contributed by atoms with Gasteiger partial charge in [0.2, 0.25) is 11.8 Å². The second kappa shape index (κ2) is 9.19. The van der Waals surface area contributed by atoms with E-state index in [-0.39, 0.29) is 30.5 Å². The van der Waals surface area contributed by atoms with Crippen molar-refractivity contribution < 1.29 is 19.5 Å². The van der Waals surface area contributed by atoms with Gasteiger partial charge in [0, 0.05) is 11.4 Å². The second-order valence-corrected chi connectivity index (χ2v) is 7.86. The number of carboxylic acids is 1. The third-order valence-electron chi connectivity index (χ3n) is 5.11. The minimum Gasteiger partial charge on any atom is -0.478 e. The molecular weight excluding hydrogens is 390 g/mol. The Balaban J connectivity index is 1.92. The van der Waals surface area contributed by atoms with Crippen LogP contribution in [0.2, 0.25) is 0 Å². The van der Waals surface area contributed by atoms with E-state index in [9.17, 15) is 19.5 Å². The van der Waals surface area contributed by atoms with Gasteiger partial charge in [-0.3, -0.25) is 19.4 Å². The van der Waals surface area contributed by atoms with Crippen LogP contribution >= 0.6 is 11.3 Å². The number of rotatable bonds is 8. The number of carbonyl (C=O) groups excluding carboxylic acids is 2. The first-order chi connectivity index (χ1) is 13.9. The third-order valence-corrected chi connectivity index (χ3v) is 6.05. The number of carbonyl (C=O) groups is 3. The van der Waals surface area contributed by atoms with Crippen LogP contribution in [0.4, 0.5) is 11.4 Å². The van der Waals surface area contributed by atoms with Crippen molar-refractivity contribution in [3.8, 4) is 0 Å². The van der Waals surface area contributed by atoms with Gasteiger partial charge in [-0.1, -0.05) is 19.9 Å². The predicted molar refractivity (Wildman–Crippen MR) is 114 cm³/mol. The summed E-state index contributed by atoms with van der Waals surface area (Å²) >= 11 is 1.63. The SMILES string of the molecule is CCN(CC)CC(=O)N1CC(=O)N(CCc2cccs2)c2ccc(C(=O)O)cc21. The highest BCUT2D eigenvalue weighted by Crippen LogP contribution is 2.35. The first kappa shape index (κ1) is 21.0. The number of fused-ring (bicyclic) bond motifs is 1. The number of likely N-dealkylation sites (N-methyl/N-ethyl adjacent to an activating group) is 1. The lowest BCUT2D eigenvalue weighted by atomic mass is 10.1. The van der Waals surface area contributed by atoms with Crippen LogP contribution in [0.25, 0.3) is 0 Å². The number of aromatic carboxylic acids is 1. The summed E-state index contributed by atoms with van der Waals surface area (Å²) in [6.07, 6.45) is 0.705. The van der Waals surface area contributed by atoms with E-state index in [0.717, 1.165) is 13.1 Å². The molecule has 1 aromatic heterocycles. The van der Waals surface area contributed by atoms with E-state index in [1.807, 2.05) is 36.3 Å². The highest BCUT2D eigenvalue weighted by atomic mass is 32.1. The molecule has 7 nitrogen and oxygen atoms in total. The molecule has 1 aliphatic heterocycles. The largest absolute Gasteiger partial charge is 0.478 e. The molecule has 0 aliphatic carbocycles. The lowest BCUT2D eigenvalue weighted by molar-refractivity contribution is -0.123. The summed E-state index contributed by atoms with van der Waals surface area (Å²) in [7, 11) is 0. The number of thiophene rings is 1. The number of hydrogen-bond acceptors (Lipinski definition) is 5. The second-order valence-electron chi connectivity index (χ2n) is 6.82. The van der Waals surface area contributed by atoms with Gasteiger partial charge in [-0.2, -0.15) is 0 Å². The van der Waals surface area contributed by atoms with Gasteiger partial charge in [0.05, 0.1) is 23.5 Å². The fourth-order valence-electron chi connectivity index (χ4n) is 3.41. The minimum atomic E-state index is -1.06. The molecule has 154 valence electrons. The summed E-state index contributed by atoms with van der Waals surface area (Å²) in [4.78, 5) is 43.5. The molecule has 3 rings (SSSR count). The average molecular weight is 416 g/mol. The van der Waals surface area contributed by atoms with Crippen molar-refractivity contribution in [1.82, 2.24) is 4.90 Å². The zero-order valence-electron chi connectivity index (χ0n) is 16.6. The Morgan fingerprint density at radius 3 is 2.55 bits per heavy atom. The van der Waals surface area contributed by atoms with Crippen LogP contribution in [0.3, 0.4) is 0 Å². The van der Waals surface area contributed by atoms with Crippen molar-refractivity contribution in [3.05, 3.63) is 46.2 Å². The Morgan fingerprint density at radius 2 is 1.93 bits per heavy atom. The van der Waals surface area contributed by atoms with Crippen LogP contribution < -0.4 is 9.80 Å². The molecule has 0 saturated heterocycles. The van der Waals surface area contributed by atoms with Crippen molar-refractivity contribution in [2.24, 2.45) is 0 Å². The molecule has 0 unspecified atom stereocenters. The molecule has 0 atom stereocenters. The monoisotopic (exact) mass is 415 g/mol. The van der Waals surface area contributed by atoms with E-state index in [1.54, 1.807) is 22.3 Å². The van der Waals surface area contributed by atoms with Gasteiger partial charge in [0.15, 0.2) is 0 Å². The molecule has 0 spiro atoms. The Kier molecular flexibility index (Phi) is 6.66. The summed E-state index contributed by atoms with van der Waals surface area (Å²) in [5.74, 6) is -1.43. The van der Waals surface area contributed by atoms with E-state index < -0.39 is 5.97 Å². The lowest BCUT2D eigenvalue weighted by Gasteiger charge is -2.37. The number of anilines is 2. The molecule has 8 heteroatoms. The summed E-state index contributed by atoms with van der Waals surface area (Å²) in [5, 5.41) is 11.4. The molecular formula is C21H25N3O4S. The van der Waals surface area contributed by atoms with E-state index in [0.29, 0.717) is 24.3 Å².